The summed E-state index contributed by atoms with van der Waals surface area (Å²) >= 11 is 0. The second kappa shape index (κ2) is 11.5. The van der Waals surface area contributed by atoms with Gasteiger partial charge in [-0.2, -0.15) is 5.10 Å². The van der Waals surface area contributed by atoms with E-state index >= 15 is 0 Å². The Morgan fingerprint density at radius 1 is 0.927 bits per heavy atom. The molecule has 1 amide bonds. The van der Waals surface area contributed by atoms with E-state index in [9.17, 15) is 18.0 Å². The molecule has 9 nitrogen and oxygen atoms in total. The highest BCUT2D eigenvalue weighted by Crippen LogP contribution is 2.34. The van der Waals surface area contributed by atoms with Gasteiger partial charge in [0.1, 0.15) is 5.75 Å². The van der Waals surface area contributed by atoms with E-state index in [4.69, 9.17) is 9.47 Å². The zero-order chi connectivity index (χ0) is 29.1. The molecule has 10 heteroatoms. The molecular formula is C31H29N3O6S. The Balaban J connectivity index is 1.36. The largest absolute Gasteiger partial charge is 0.497 e. The van der Waals surface area contributed by atoms with Crippen LogP contribution < -0.4 is 4.74 Å². The predicted molar refractivity (Wildman–Crippen MR) is 155 cm³/mol. The number of hydrogen-bond donors (Lipinski definition) is 0. The van der Waals surface area contributed by atoms with Gasteiger partial charge in [0.15, 0.2) is 6.61 Å². The van der Waals surface area contributed by atoms with Crippen LogP contribution in [0.25, 0.3) is 10.8 Å². The van der Waals surface area contributed by atoms with Gasteiger partial charge in [-0.05, 0) is 64.4 Å². The molecule has 5 rings (SSSR count). The van der Waals surface area contributed by atoms with E-state index in [1.54, 1.807) is 7.11 Å². The molecule has 1 unspecified atom stereocenters. The third-order valence-corrected chi connectivity index (χ3v) is 8.77. The number of amides is 1. The molecule has 1 aliphatic rings. The van der Waals surface area contributed by atoms with Gasteiger partial charge >= 0.3 is 5.97 Å². The lowest BCUT2D eigenvalue weighted by molar-refractivity contribution is -0.136. The molecule has 1 atom stereocenters. The van der Waals surface area contributed by atoms with Crippen molar-refractivity contribution >= 4 is 38.4 Å². The Hall–Kier alpha value is -4.54. The van der Waals surface area contributed by atoms with Crippen LogP contribution in [0.15, 0.2) is 101 Å². The molecule has 0 fully saturated rings. The number of hydrogen-bond acceptors (Lipinski definition) is 7. The second-order valence-corrected chi connectivity index (χ2v) is 11.9. The van der Waals surface area contributed by atoms with Crippen LogP contribution in [-0.2, 0) is 19.6 Å². The number of sulfonamides is 1. The van der Waals surface area contributed by atoms with E-state index in [0.29, 0.717) is 12.2 Å². The van der Waals surface area contributed by atoms with Crippen LogP contribution >= 0.6 is 0 Å². The number of ether oxygens (including phenoxy) is 2. The van der Waals surface area contributed by atoms with Crippen LogP contribution in [0.1, 0.15) is 33.9 Å². The van der Waals surface area contributed by atoms with E-state index in [0.717, 1.165) is 31.9 Å². The fraction of sp³-hybridized carbons (Fsp3) is 0.194. The lowest BCUT2D eigenvalue weighted by Crippen LogP contribution is -2.31. The van der Waals surface area contributed by atoms with Crippen LogP contribution in [-0.4, -0.2) is 63.1 Å². The van der Waals surface area contributed by atoms with Gasteiger partial charge in [-0.3, -0.25) is 4.79 Å². The smallest absolute Gasteiger partial charge is 0.338 e. The summed E-state index contributed by atoms with van der Waals surface area (Å²) in [6.07, 6.45) is 0.478. The van der Waals surface area contributed by atoms with Crippen LogP contribution in [0, 0.1) is 0 Å². The van der Waals surface area contributed by atoms with Crippen LogP contribution in [0.2, 0.25) is 0 Å². The van der Waals surface area contributed by atoms with Crippen LogP contribution in [0.5, 0.6) is 5.75 Å². The molecule has 0 N–H and O–H groups in total. The van der Waals surface area contributed by atoms with E-state index in [2.05, 4.69) is 5.10 Å². The number of carbonyl (C=O) groups is 2. The van der Waals surface area contributed by atoms with Gasteiger partial charge < -0.3 is 9.47 Å². The van der Waals surface area contributed by atoms with E-state index < -0.39 is 34.5 Å². The Labute approximate surface area is 238 Å². The summed E-state index contributed by atoms with van der Waals surface area (Å²) in [7, 11) is 0.802. The molecule has 1 heterocycles. The number of fused-ring (bicyclic) bond motifs is 1. The van der Waals surface area contributed by atoms with Crippen molar-refractivity contribution in [1.82, 2.24) is 9.31 Å². The Morgan fingerprint density at radius 3 is 2.27 bits per heavy atom. The van der Waals surface area contributed by atoms with Gasteiger partial charge in [-0.1, -0.05) is 48.5 Å². The fourth-order valence-corrected chi connectivity index (χ4v) is 5.52. The third-order valence-electron chi connectivity index (χ3n) is 6.94. The van der Waals surface area contributed by atoms with Gasteiger partial charge in [0, 0.05) is 20.5 Å². The first-order valence-electron chi connectivity index (χ1n) is 12.9. The van der Waals surface area contributed by atoms with E-state index in [1.807, 2.05) is 66.7 Å². The average Bonchev–Trinajstić information content (AvgIpc) is 3.45. The zero-order valence-electron chi connectivity index (χ0n) is 22.9. The van der Waals surface area contributed by atoms with Gasteiger partial charge in [-0.15, -0.1) is 0 Å². The number of hydrazone groups is 1. The average molecular weight is 572 g/mol. The van der Waals surface area contributed by atoms with Crippen LogP contribution in [0.3, 0.4) is 0 Å². The summed E-state index contributed by atoms with van der Waals surface area (Å²) in [5, 5.41) is 8.22. The SMILES string of the molecule is COc1ccc(C2CC(c3ccc4ccccc4c3)=NN2C(=O)COC(=O)c2ccc(S(=O)(=O)N(C)C)cc2)cc1. The lowest BCUT2D eigenvalue weighted by Gasteiger charge is -2.22. The van der Waals surface area contributed by atoms with Gasteiger partial charge in [0.05, 0.1) is 29.3 Å². The molecule has 41 heavy (non-hydrogen) atoms. The van der Waals surface area contributed by atoms with Crippen molar-refractivity contribution in [3.05, 3.63) is 108 Å². The summed E-state index contributed by atoms with van der Waals surface area (Å²) in [5.74, 6) is -0.536. The minimum atomic E-state index is -3.64. The van der Waals surface area contributed by atoms with Gasteiger partial charge in [0.25, 0.3) is 5.91 Å². The quantitative estimate of drug-likeness (QED) is 0.286. The van der Waals surface area contributed by atoms with Crippen LogP contribution in [0.4, 0.5) is 0 Å². The van der Waals surface area contributed by atoms with Crippen molar-refractivity contribution in [2.75, 3.05) is 27.8 Å². The highest BCUT2D eigenvalue weighted by atomic mass is 32.2. The highest BCUT2D eigenvalue weighted by Gasteiger charge is 2.34. The molecule has 0 aromatic heterocycles. The summed E-state index contributed by atoms with van der Waals surface area (Å²) < 4.78 is 36.3. The highest BCUT2D eigenvalue weighted by molar-refractivity contribution is 7.89. The fourth-order valence-electron chi connectivity index (χ4n) is 4.62. The molecule has 0 radical (unpaired) electrons. The maximum absolute atomic E-state index is 13.4. The summed E-state index contributed by atoms with van der Waals surface area (Å²) in [5.41, 5.74) is 2.64. The van der Waals surface area contributed by atoms with Crippen molar-refractivity contribution in [1.29, 1.82) is 0 Å². The molecule has 4 aromatic carbocycles. The van der Waals surface area contributed by atoms with E-state index in [1.165, 1.54) is 43.4 Å². The molecular weight excluding hydrogens is 542 g/mol. The summed E-state index contributed by atoms with van der Waals surface area (Å²) in [6, 6.07) is 26.5. The number of methoxy groups -OCH3 is 1. The number of benzene rings is 4. The van der Waals surface area contributed by atoms with Crippen molar-refractivity contribution < 1.29 is 27.5 Å². The van der Waals surface area contributed by atoms with Gasteiger partial charge in [-0.25, -0.2) is 22.5 Å². The Bertz CT molecular complexity index is 1730. The number of carbonyl (C=O) groups excluding carboxylic acids is 2. The Morgan fingerprint density at radius 2 is 1.61 bits per heavy atom. The maximum Gasteiger partial charge on any atom is 0.338 e. The van der Waals surface area contributed by atoms with Crippen molar-refractivity contribution in [3.8, 4) is 5.75 Å². The number of esters is 1. The molecule has 0 saturated heterocycles. The molecule has 0 bridgehead atoms. The molecule has 0 aliphatic carbocycles. The maximum atomic E-state index is 13.4. The molecule has 4 aromatic rings. The standard InChI is InChI=1S/C31H29N3O6S/c1-33(2)41(37,38)27-16-12-23(13-17-27)31(36)40-20-30(35)34-29(22-10-14-26(39-3)15-11-22)19-28(32-34)25-9-8-21-6-4-5-7-24(21)18-25/h4-18,29H,19-20H2,1-3H3. The summed E-state index contributed by atoms with van der Waals surface area (Å²) in [6.45, 7) is -0.530. The molecule has 0 saturated carbocycles. The lowest BCUT2D eigenvalue weighted by atomic mass is 9.97. The predicted octanol–water partition coefficient (Wildman–Crippen LogP) is 4.63. The van der Waals surface area contributed by atoms with Gasteiger partial charge in [0.2, 0.25) is 10.0 Å². The zero-order valence-corrected chi connectivity index (χ0v) is 23.7. The monoisotopic (exact) mass is 571 g/mol. The molecule has 210 valence electrons. The first-order chi connectivity index (χ1) is 19.7. The van der Waals surface area contributed by atoms with Crippen molar-refractivity contribution in [2.24, 2.45) is 5.10 Å². The first kappa shape index (κ1) is 28.0. The van der Waals surface area contributed by atoms with Crippen molar-refractivity contribution in [2.45, 2.75) is 17.4 Å². The van der Waals surface area contributed by atoms with E-state index in [-0.39, 0.29) is 10.5 Å². The molecule has 1 aliphatic heterocycles. The first-order valence-corrected chi connectivity index (χ1v) is 14.3. The Kier molecular flexibility index (Phi) is 7.87. The topological polar surface area (TPSA) is 106 Å². The van der Waals surface area contributed by atoms with Crippen molar-refractivity contribution in [3.63, 3.8) is 0 Å². The summed E-state index contributed by atoms with van der Waals surface area (Å²) in [4.78, 5) is 26.1. The normalized spacial score (nSPS) is 15.2. The minimum absolute atomic E-state index is 0.0464. The number of rotatable bonds is 8. The third kappa shape index (κ3) is 5.84. The number of nitrogens with zero attached hydrogens (tertiary/aromatic N) is 3. The second-order valence-electron chi connectivity index (χ2n) is 9.73. The minimum Gasteiger partial charge on any atom is -0.497 e. The molecule has 0 spiro atoms.